The molecule has 1 unspecified atom stereocenters. The molecule has 2 fully saturated rings. The van der Waals surface area contributed by atoms with Gasteiger partial charge in [-0.15, -0.1) is 0 Å². The van der Waals surface area contributed by atoms with Crippen molar-refractivity contribution in [2.24, 2.45) is 11.7 Å². The Labute approximate surface area is 86.6 Å². The van der Waals surface area contributed by atoms with E-state index in [2.05, 4.69) is 11.9 Å². The van der Waals surface area contributed by atoms with Crippen LogP contribution in [0.2, 0.25) is 0 Å². The molecule has 0 aromatic carbocycles. The van der Waals surface area contributed by atoms with Gasteiger partial charge in [-0.05, 0) is 38.6 Å². The Morgan fingerprint density at radius 3 is 2.79 bits per heavy atom. The van der Waals surface area contributed by atoms with E-state index in [0.29, 0.717) is 6.04 Å². The van der Waals surface area contributed by atoms with Crippen molar-refractivity contribution in [1.29, 1.82) is 0 Å². The van der Waals surface area contributed by atoms with Gasteiger partial charge in [0, 0.05) is 25.2 Å². The maximum Gasteiger partial charge on any atom is 0.0506 e. The van der Waals surface area contributed by atoms with Crippen molar-refractivity contribution in [1.82, 2.24) is 4.90 Å². The SMILES string of the molecule is CN(CC1CCCOC1)C1CC(N)C1. The van der Waals surface area contributed by atoms with Crippen LogP contribution >= 0.6 is 0 Å². The summed E-state index contributed by atoms with van der Waals surface area (Å²) in [7, 11) is 2.23. The van der Waals surface area contributed by atoms with Crippen molar-refractivity contribution >= 4 is 0 Å². The third kappa shape index (κ3) is 2.47. The van der Waals surface area contributed by atoms with E-state index in [4.69, 9.17) is 10.5 Å². The van der Waals surface area contributed by atoms with Crippen molar-refractivity contribution in [3.8, 4) is 0 Å². The molecule has 0 radical (unpaired) electrons. The zero-order chi connectivity index (χ0) is 9.97. The zero-order valence-electron chi connectivity index (χ0n) is 9.11. The summed E-state index contributed by atoms with van der Waals surface area (Å²) >= 11 is 0. The van der Waals surface area contributed by atoms with Gasteiger partial charge in [0.2, 0.25) is 0 Å². The molecular formula is C11H22N2O. The van der Waals surface area contributed by atoms with Gasteiger partial charge in [0.1, 0.15) is 0 Å². The molecular weight excluding hydrogens is 176 g/mol. The minimum atomic E-state index is 0.463. The summed E-state index contributed by atoms with van der Waals surface area (Å²) in [6, 6.07) is 1.21. The van der Waals surface area contributed by atoms with Crippen LogP contribution < -0.4 is 5.73 Å². The topological polar surface area (TPSA) is 38.5 Å². The molecule has 0 aromatic rings. The van der Waals surface area contributed by atoms with Gasteiger partial charge >= 0.3 is 0 Å². The predicted molar refractivity (Wildman–Crippen MR) is 57.2 cm³/mol. The molecule has 3 heteroatoms. The Morgan fingerprint density at radius 2 is 2.21 bits per heavy atom. The molecule has 1 aliphatic heterocycles. The first-order valence-corrected chi connectivity index (χ1v) is 5.79. The molecule has 2 rings (SSSR count). The van der Waals surface area contributed by atoms with Crippen LogP contribution in [0.4, 0.5) is 0 Å². The second-order valence-corrected chi connectivity index (χ2v) is 4.91. The van der Waals surface area contributed by atoms with E-state index < -0.39 is 0 Å². The van der Waals surface area contributed by atoms with Crippen molar-refractivity contribution in [2.75, 3.05) is 26.8 Å². The van der Waals surface area contributed by atoms with Gasteiger partial charge in [0.25, 0.3) is 0 Å². The lowest BCUT2D eigenvalue weighted by atomic mass is 9.86. The predicted octanol–water partition coefficient (Wildman–Crippen LogP) is 0.834. The van der Waals surface area contributed by atoms with Crippen LogP contribution in [0.3, 0.4) is 0 Å². The first-order valence-electron chi connectivity index (χ1n) is 5.79. The molecule has 1 aliphatic carbocycles. The highest BCUT2D eigenvalue weighted by Gasteiger charge is 2.30. The van der Waals surface area contributed by atoms with E-state index in [1.807, 2.05) is 0 Å². The van der Waals surface area contributed by atoms with Gasteiger partial charge in [-0.25, -0.2) is 0 Å². The molecule has 2 N–H and O–H groups in total. The zero-order valence-corrected chi connectivity index (χ0v) is 9.11. The number of nitrogens with zero attached hydrogens (tertiary/aromatic N) is 1. The van der Waals surface area contributed by atoms with Crippen molar-refractivity contribution in [3.05, 3.63) is 0 Å². The molecule has 0 aromatic heterocycles. The third-order valence-corrected chi connectivity index (χ3v) is 3.57. The molecule has 0 bridgehead atoms. The normalized spacial score (nSPS) is 38.4. The lowest BCUT2D eigenvalue weighted by molar-refractivity contribution is 0.0266. The van der Waals surface area contributed by atoms with Crippen LogP contribution in [0.25, 0.3) is 0 Å². The monoisotopic (exact) mass is 198 g/mol. The largest absolute Gasteiger partial charge is 0.381 e. The quantitative estimate of drug-likeness (QED) is 0.730. The summed E-state index contributed by atoms with van der Waals surface area (Å²) in [6.07, 6.45) is 4.94. The summed E-state index contributed by atoms with van der Waals surface area (Å²) in [5, 5.41) is 0. The molecule has 1 atom stereocenters. The second-order valence-electron chi connectivity index (χ2n) is 4.91. The fourth-order valence-corrected chi connectivity index (χ4v) is 2.50. The van der Waals surface area contributed by atoms with Gasteiger partial charge in [-0.2, -0.15) is 0 Å². The van der Waals surface area contributed by atoms with E-state index in [0.717, 1.165) is 25.2 Å². The number of rotatable bonds is 3. The van der Waals surface area contributed by atoms with Crippen LogP contribution in [0.15, 0.2) is 0 Å². The summed E-state index contributed by atoms with van der Waals surface area (Å²) in [4.78, 5) is 2.47. The van der Waals surface area contributed by atoms with Crippen molar-refractivity contribution in [3.63, 3.8) is 0 Å². The van der Waals surface area contributed by atoms with Gasteiger partial charge in [-0.1, -0.05) is 0 Å². The lowest BCUT2D eigenvalue weighted by Gasteiger charge is -2.41. The standard InChI is InChI=1S/C11H22N2O/c1-13(11-5-10(12)6-11)7-9-3-2-4-14-8-9/h9-11H,2-8,12H2,1H3. The highest BCUT2D eigenvalue weighted by molar-refractivity contribution is 4.89. The molecule has 3 nitrogen and oxygen atoms in total. The maximum absolute atomic E-state index is 5.79. The fourth-order valence-electron chi connectivity index (χ4n) is 2.50. The van der Waals surface area contributed by atoms with Crippen molar-refractivity contribution < 1.29 is 4.74 Å². The Kier molecular flexibility index (Phi) is 3.42. The molecule has 1 saturated heterocycles. The number of nitrogens with two attached hydrogens (primary N) is 1. The van der Waals surface area contributed by atoms with Crippen LogP contribution in [0.1, 0.15) is 25.7 Å². The van der Waals surface area contributed by atoms with Crippen LogP contribution in [0.5, 0.6) is 0 Å². The molecule has 1 saturated carbocycles. The second kappa shape index (κ2) is 4.60. The number of ether oxygens (including phenoxy) is 1. The summed E-state index contributed by atoms with van der Waals surface area (Å²) < 4.78 is 5.48. The van der Waals surface area contributed by atoms with E-state index >= 15 is 0 Å². The Balaban J connectivity index is 1.68. The minimum Gasteiger partial charge on any atom is -0.381 e. The van der Waals surface area contributed by atoms with Crippen molar-refractivity contribution in [2.45, 2.75) is 37.8 Å². The van der Waals surface area contributed by atoms with E-state index in [-0.39, 0.29) is 0 Å². The summed E-state index contributed by atoms with van der Waals surface area (Å²) in [6.45, 7) is 3.12. The average molecular weight is 198 g/mol. The Bertz CT molecular complexity index is 174. The van der Waals surface area contributed by atoms with Crippen LogP contribution in [-0.2, 0) is 4.74 Å². The van der Waals surface area contributed by atoms with E-state index in [1.54, 1.807) is 0 Å². The molecule has 14 heavy (non-hydrogen) atoms. The van der Waals surface area contributed by atoms with Crippen LogP contribution in [-0.4, -0.2) is 43.8 Å². The first-order chi connectivity index (χ1) is 6.75. The van der Waals surface area contributed by atoms with Gasteiger partial charge in [-0.3, -0.25) is 0 Å². The molecule has 82 valence electrons. The third-order valence-electron chi connectivity index (χ3n) is 3.57. The Morgan fingerprint density at radius 1 is 1.43 bits per heavy atom. The minimum absolute atomic E-state index is 0.463. The molecule has 1 heterocycles. The number of hydrogen-bond acceptors (Lipinski definition) is 3. The maximum atomic E-state index is 5.79. The first kappa shape index (κ1) is 10.4. The smallest absolute Gasteiger partial charge is 0.0506 e. The Hall–Kier alpha value is -0.120. The average Bonchev–Trinajstić information content (AvgIpc) is 2.14. The number of hydrogen-bond donors (Lipinski definition) is 1. The van der Waals surface area contributed by atoms with Crippen LogP contribution in [0, 0.1) is 5.92 Å². The summed E-state index contributed by atoms with van der Waals surface area (Å²) in [5.74, 6) is 0.755. The molecule has 0 spiro atoms. The highest BCUT2D eigenvalue weighted by Crippen LogP contribution is 2.24. The van der Waals surface area contributed by atoms with Gasteiger partial charge in [0.05, 0.1) is 6.61 Å². The van der Waals surface area contributed by atoms with E-state index in [9.17, 15) is 0 Å². The van der Waals surface area contributed by atoms with Gasteiger partial charge < -0.3 is 15.4 Å². The fraction of sp³-hybridized carbons (Fsp3) is 1.00. The summed E-state index contributed by atoms with van der Waals surface area (Å²) in [5.41, 5.74) is 5.79. The highest BCUT2D eigenvalue weighted by atomic mass is 16.5. The molecule has 2 aliphatic rings. The molecule has 0 amide bonds. The lowest BCUT2D eigenvalue weighted by Crippen LogP contribution is -2.50. The van der Waals surface area contributed by atoms with E-state index in [1.165, 1.54) is 32.2 Å². The van der Waals surface area contributed by atoms with Gasteiger partial charge in [0.15, 0.2) is 0 Å².